The lowest BCUT2D eigenvalue weighted by atomic mass is 10.0. The fraction of sp³-hybridized carbons (Fsp3) is 0.174. The summed E-state index contributed by atoms with van der Waals surface area (Å²) in [4.78, 5) is 12.6. The van der Waals surface area contributed by atoms with E-state index in [1.165, 1.54) is 21.3 Å². The van der Waals surface area contributed by atoms with Crippen molar-refractivity contribution in [2.24, 2.45) is 0 Å². The molecule has 1 aromatic heterocycles. The van der Waals surface area contributed by atoms with E-state index in [1.807, 2.05) is 42.5 Å². The first-order chi connectivity index (χ1) is 15.1. The molecule has 4 rings (SSSR count). The molecule has 0 radical (unpaired) electrons. The lowest BCUT2D eigenvalue weighted by Gasteiger charge is -2.12. The van der Waals surface area contributed by atoms with Crippen LogP contribution in [0.1, 0.15) is 5.56 Å². The van der Waals surface area contributed by atoms with Crippen molar-refractivity contribution >= 4 is 22.7 Å². The zero-order valence-electron chi connectivity index (χ0n) is 17.3. The highest BCUT2D eigenvalue weighted by atomic mass is 16.5. The molecule has 158 valence electrons. The standard InChI is InChI=1S/C23H21N3O5/c1-28-18-11-16(12-19(29-2)21(18)30-3)22-25-26-23(31-22)24-20(27)13-15-9-6-8-14-7-4-5-10-17(14)15/h4-12H,13H2,1-3H3,(H,24,26,27). The van der Waals surface area contributed by atoms with Crippen molar-refractivity contribution in [3.8, 4) is 28.7 Å². The summed E-state index contributed by atoms with van der Waals surface area (Å²) in [5.74, 6) is 1.32. The Kier molecular flexibility index (Phi) is 5.70. The van der Waals surface area contributed by atoms with Gasteiger partial charge in [0, 0.05) is 5.56 Å². The summed E-state index contributed by atoms with van der Waals surface area (Å²) < 4.78 is 21.7. The lowest BCUT2D eigenvalue weighted by Crippen LogP contribution is -2.14. The minimum Gasteiger partial charge on any atom is -0.493 e. The fourth-order valence-electron chi connectivity index (χ4n) is 3.38. The maximum atomic E-state index is 12.6. The summed E-state index contributed by atoms with van der Waals surface area (Å²) in [5.41, 5.74) is 1.48. The van der Waals surface area contributed by atoms with Gasteiger partial charge < -0.3 is 18.6 Å². The van der Waals surface area contributed by atoms with Gasteiger partial charge in [0.2, 0.25) is 17.5 Å². The Hall–Kier alpha value is -4.07. The van der Waals surface area contributed by atoms with Gasteiger partial charge in [0.25, 0.3) is 0 Å². The highest BCUT2D eigenvalue weighted by molar-refractivity contribution is 5.95. The molecule has 0 saturated carbocycles. The minimum atomic E-state index is -0.253. The second kappa shape index (κ2) is 8.74. The average molecular weight is 419 g/mol. The highest BCUT2D eigenvalue weighted by Crippen LogP contribution is 2.41. The molecule has 1 N–H and O–H groups in total. The highest BCUT2D eigenvalue weighted by Gasteiger charge is 2.18. The Labute approximate surface area is 178 Å². The minimum absolute atomic E-state index is 0.00832. The van der Waals surface area contributed by atoms with E-state index >= 15 is 0 Å². The summed E-state index contributed by atoms with van der Waals surface area (Å²) >= 11 is 0. The van der Waals surface area contributed by atoms with Crippen LogP contribution >= 0.6 is 0 Å². The van der Waals surface area contributed by atoms with Gasteiger partial charge in [-0.2, -0.15) is 0 Å². The number of anilines is 1. The predicted molar refractivity (Wildman–Crippen MR) is 116 cm³/mol. The van der Waals surface area contributed by atoms with E-state index in [0.717, 1.165) is 16.3 Å². The third-order valence-electron chi connectivity index (χ3n) is 4.81. The third-order valence-corrected chi connectivity index (χ3v) is 4.81. The zero-order valence-corrected chi connectivity index (χ0v) is 17.3. The van der Waals surface area contributed by atoms with E-state index in [4.69, 9.17) is 18.6 Å². The Balaban J connectivity index is 1.53. The molecule has 0 saturated heterocycles. The van der Waals surface area contributed by atoms with E-state index < -0.39 is 0 Å². The Morgan fingerprint density at radius 2 is 1.65 bits per heavy atom. The summed E-state index contributed by atoms with van der Waals surface area (Å²) in [5, 5.41) is 12.7. The molecule has 1 heterocycles. The monoisotopic (exact) mass is 419 g/mol. The number of rotatable bonds is 7. The molecule has 31 heavy (non-hydrogen) atoms. The van der Waals surface area contributed by atoms with Gasteiger partial charge in [-0.25, -0.2) is 0 Å². The molecule has 4 aromatic rings. The third kappa shape index (κ3) is 4.13. The molecule has 0 fully saturated rings. The molecule has 0 atom stereocenters. The molecule has 0 spiro atoms. The number of ether oxygens (including phenoxy) is 3. The second-order valence-corrected chi connectivity index (χ2v) is 6.69. The van der Waals surface area contributed by atoms with Crippen LogP contribution in [0.4, 0.5) is 6.01 Å². The molecule has 8 heteroatoms. The van der Waals surface area contributed by atoms with Gasteiger partial charge in [0.05, 0.1) is 27.8 Å². The van der Waals surface area contributed by atoms with Gasteiger partial charge >= 0.3 is 6.01 Å². The van der Waals surface area contributed by atoms with Crippen LogP contribution in [0.5, 0.6) is 17.2 Å². The Morgan fingerprint density at radius 3 is 2.35 bits per heavy atom. The summed E-state index contributed by atoms with van der Waals surface area (Å²) in [6.07, 6.45) is 0.184. The molecule has 0 aliphatic rings. The molecule has 1 amide bonds. The van der Waals surface area contributed by atoms with Crippen molar-refractivity contribution in [2.45, 2.75) is 6.42 Å². The van der Waals surface area contributed by atoms with Crippen LogP contribution in [0, 0.1) is 0 Å². The lowest BCUT2D eigenvalue weighted by molar-refractivity contribution is -0.115. The van der Waals surface area contributed by atoms with Gasteiger partial charge in [-0.15, -0.1) is 5.10 Å². The summed E-state index contributed by atoms with van der Waals surface area (Å²) in [6.45, 7) is 0. The van der Waals surface area contributed by atoms with Crippen LogP contribution in [0.3, 0.4) is 0 Å². The molecule has 3 aromatic carbocycles. The van der Waals surface area contributed by atoms with E-state index in [9.17, 15) is 4.79 Å². The fourth-order valence-corrected chi connectivity index (χ4v) is 3.38. The quantitative estimate of drug-likeness (QED) is 0.482. The first-order valence-corrected chi connectivity index (χ1v) is 9.53. The van der Waals surface area contributed by atoms with E-state index in [2.05, 4.69) is 15.5 Å². The molecule has 0 aliphatic heterocycles. The van der Waals surface area contributed by atoms with Crippen LogP contribution in [0.2, 0.25) is 0 Å². The van der Waals surface area contributed by atoms with Crippen molar-refractivity contribution in [1.82, 2.24) is 10.2 Å². The van der Waals surface area contributed by atoms with Crippen LogP contribution in [0.25, 0.3) is 22.2 Å². The van der Waals surface area contributed by atoms with Crippen molar-refractivity contribution in [3.05, 3.63) is 60.2 Å². The molecular formula is C23H21N3O5. The van der Waals surface area contributed by atoms with Gasteiger partial charge in [0.1, 0.15) is 0 Å². The van der Waals surface area contributed by atoms with Gasteiger partial charge in [-0.05, 0) is 28.5 Å². The normalized spacial score (nSPS) is 10.7. The second-order valence-electron chi connectivity index (χ2n) is 6.69. The number of nitrogens with one attached hydrogen (secondary N) is 1. The number of hydrogen-bond donors (Lipinski definition) is 1. The van der Waals surface area contributed by atoms with Crippen molar-refractivity contribution in [1.29, 1.82) is 0 Å². The van der Waals surface area contributed by atoms with Crippen molar-refractivity contribution in [2.75, 3.05) is 26.6 Å². The smallest absolute Gasteiger partial charge is 0.322 e. The Bertz CT molecular complexity index is 1200. The Morgan fingerprint density at radius 1 is 0.935 bits per heavy atom. The van der Waals surface area contributed by atoms with Crippen LogP contribution < -0.4 is 19.5 Å². The molecule has 0 aliphatic carbocycles. The maximum Gasteiger partial charge on any atom is 0.322 e. The number of fused-ring (bicyclic) bond motifs is 1. The van der Waals surface area contributed by atoms with Gasteiger partial charge in [0.15, 0.2) is 11.5 Å². The van der Waals surface area contributed by atoms with E-state index in [-0.39, 0.29) is 24.2 Å². The number of aromatic nitrogens is 2. The van der Waals surface area contributed by atoms with E-state index in [0.29, 0.717) is 22.8 Å². The molecular weight excluding hydrogens is 398 g/mol. The predicted octanol–water partition coefficient (Wildman–Crippen LogP) is 4.10. The molecule has 8 nitrogen and oxygen atoms in total. The van der Waals surface area contributed by atoms with Crippen molar-refractivity contribution in [3.63, 3.8) is 0 Å². The SMILES string of the molecule is COc1cc(-c2nnc(NC(=O)Cc3cccc4ccccc34)o2)cc(OC)c1OC. The number of benzene rings is 3. The largest absolute Gasteiger partial charge is 0.493 e. The van der Waals surface area contributed by atoms with Crippen LogP contribution in [-0.2, 0) is 11.2 Å². The molecule has 0 bridgehead atoms. The number of methoxy groups -OCH3 is 3. The van der Waals surface area contributed by atoms with Crippen LogP contribution in [0.15, 0.2) is 59.0 Å². The van der Waals surface area contributed by atoms with Gasteiger partial charge in [-0.3, -0.25) is 10.1 Å². The van der Waals surface area contributed by atoms with Crippen molar-refractivity contribution < 1.29 is 23.4 Å². The number of carbonyl (C=O) groups is 1. The maximum absolute atomic E-state index is 12.6. The first kappa shape index (κ1) is 20.2. The number of carbonyl (C=O) groups excluding carboxylic acids is 1. The summed E-state index contributed by atoms with van der Waals surface area (Å²) in [7, 11) is 4.57. The zero-order chi connectivity index (χ0) is 21.8. The van der Waals surface area contributed by atoms with Crippen LogP contribution in [-0.4, -0.2) is 37.4 Å². The van der Waals surface area contributed by atoms with Gasteiger partial charge in [-0.1, -0.05) is 47.6 Å². The van der Waals surface area contributed by atoms with E-state index in [1.54, 1.807) is 12.1 Å². The summed E-state index contributed by atoms with van der Waals surface area (Å²) in [6, 6.07) is 17.2. The average Bonchev–Trinajstić information content (AvgIpc) is 3.26. The topological polar surface area (TPSA) is 95.7 Å². The number of amides is 1. The number of hydrogen-bond acceptors (Lipinski definition) is 7. The first-order valence-electron chi connectivity index (χ1n) is 9.53. The molecule has 0 unspecified atom stereocenters. The number of nitrogens with zero attached hydrogens (tertiary/aromatic N) is 2.